The Kier molecular flexibility index (Phi) is 4.67. The van der Waals surface area contributed by atoms with Crippen LogP contribution >= 0.6 is 0 Å². The second-order valence-electron chi connectivity index (χ2n) is 3.73. The number of nitrogens with two attached hydrogens (primary N) is 1. The average molecular weight is 287 g/mol. The first-order valence-corrected chi connectivity index (χ1v) is 5.23. The molecule has 0 atom stereocenters. The Bertz CT molecular complexity index is 426. The van der Waals surface area contributed by atoms with E-state index >= 15 is 0 Å². The molecule has 19 heavy (non-hydrogen) atoms. The van der Waals surface area contributed by atoms with Crippen LogP contribution in [0.4, 0.5) is 26.3 Å². The molecular weight excluding hydrogens is 276 g/mol. The molecule has 0 amide bonds. The SMILES string of the molecule is NCc1cc(OCCC(F)(F)F)ccc1C(F)(F)F. The van der Waals surface area contributed by atoms with Crippen LogP contribution < -0.4 is 10.5 Å². The first kappa shape index (κ1) is 15.6. The zero-order valence-electron chi connectivity index (χ0n) is 9.61. The van der Waals surface area contributed by atoms with Gasteiger partial charge in [0.2, 0.25) is 0 Å². The summed E-state index contributed by atoms with van der Waals surface area (Å²) in [5.74, 6) is -0.0716. The van der Waals surface area contributed by atoms with Crippen LogP contribution in [-0.2, 0) is 12.7 Å². The van der Waals surface area contributed by atoms with Crippen molar-refractivity contribution in [3.63, 3.8) is 0 Å². The van der Waals surface area contributed by atoms with E-state index in [9.17, 15) is 26.3 Å². The minimum atomic E-state index is -4.56. The molecular formula is C11H11F6NO. The summed E-state index contributed by atoms with van der Waals surface area (Å²) in [5, 5.41) is 0. The lowest BCUT2D eigenvalue weighted by Gasteiger charge is -2.14. The molecule has 1 aromatic carbocycles. The summed E-state index contributed by atoms with van der Waals surface area (Å²) < 4.78 is 78.0. The van der Waals surface area contributed by atoms with Crippen LogP contribution in [0.3, 0.4) is 0 Å². The monoisotopic (exact) mass is 287 g/mol. The number of hydrogen-bond donors (Lipinski definition) is 1. The fourth-order valence-electron chi connectivity index (χ4n) is 1.39. The Morgan fingerprint density at radius 3 is 2.16 bits per heavy atom. The van der Waals surface area contributed by atoms with Gasteiger partial charge in [-0.2, -0.15) is 26.3 Å². The molecule has 0 aliphatic heterocycles. The van der Waals surface area contributed by atoms with E-state index in [1.165, 1.54) is 0 Å². The number of benzene rings is 1. The van der Waals surface area contributed by atoms with Crippen molar-refractivity contribution in [1.82, 2.24) is 0 Å². The summed E-state index contributed by atoms with van der Waals surface area (Å²) in [4.78, 5) is 0. The predicted octanol–water partition coefficient (Wildman–Crippen LogP) is 3.50. The van der Waals surface area contributed by atoms with Crippen LogP contribution in [0.2, 0.25) is 0 Å². The standard InChI is InChI=1S/C11H11F6NO/c12-10(13,14)3-4-19-8-1-2-9(11(15,16)17)7(5-8)6-18/h1-2,5H,3-4,6,18H2. The third-order valence-electron chi connectivity index (χ3n) is 2.26. The fraction of sp³-hybridized carbons (Fsp3) is 0.455. The van der Waals surface area contributed by atoms with Gasteiger partial charge in [-0.3, -0.25) is 0 Å². The molecule has 0 heterocycles. The third-order valence-corrected chi connectivity index (χ3v) is 2.26. The molecule has 0 unspecified atom stereocenters. The Morgan fingerprint density at radius 2 is 1.68 bits per heavy atom. The summed E-state index contributed by atoms with van der Waals surface area (Å²) in [6.07, 6.45) is -10.1. The van der Waals surface area contributed by atoms with Gasteiger partial charge < -0.3 is 10.5 Å². The topological polar surface area (TPSA) is 35.2 Å². The van der Waals surface area contributed by atoms with Crippen LogP contribution in [0, 0.1) is 0 Å². The van der Waals surface area contributed by atoms with E-state index in [-0.39, 0.29) is 17.9 Å². The van der Waals surface area contributed by atoms with Crippen molar-refractivity contribution in [1.29, 1.82) is 0 Å². The smallest absolute Gasteiger partial charge is 0.416 e. The number of halogens is 6. The molecule has 8 heteroatoms. The maximum absolute atomic E-state index is 12.5. The van der Waals surface area contributed by atoms with E-state index < -0.39 is 30.9 Å². The van der Waals surface area contributed by atoms with Gasteiger partial charge in [0.05, 0.1) is 18.6 Å². The number of alkyl halides is 6. The molecule has 0 radical (unpaired) electrons. The van der Waals surface area contributed by atoms with Crippen molar-refractivity contribution in [2.45, 2.75) is 25.3 Å². The second kappa shape index (κ2) is 5.68. The lowest BCUT2D eigenvalue weighted by atomic mass is 10.1. The van der Waals surface area contributed by atoms with Crippen LogP contribution in [-0.4, -0.2) is 12.8 Å². The maximum atomic E-state index is 12.5. The Labute approximate surface area is 105 Å². The number of rotatable bonds is 4. The van der Waals surface area contributed by atoms with E-state index in [2.05, 4.69) is 0 Å². The highest BCUT2D eigenvalue weighted by atomic mass is 19.4. The molecule has 0 spiro atoms. The van der Waals surface area contributed by atoms with Gasteiger partial charge in [-0.1, -0.05) is 0 Å². The Morgan fingerprint density at radius 1 is 1.05 bits per heavy atom. The van der Waals surface area contributed by atoms with Crippen LogP contribution in [0.25, 0.3) is 0 Å². The average Bonchev–Trinajstić information content (AvgIpc) is 2.25. The van der Waals surface area contributed by atoms with Gasteiger partial charge in [0.15, 0.2) is 0 Å². The molecule has 0 saturated heterocycles. The molecule has 2 N–H and O–H groups in total. The van der Waals surface area contributed by atoms with Gasteiger partial charge in [0, 0.05) is 6.54 Å². The van der Waals surface area contributed by atoms with Gasteiger partial charge >= 0.3 is 12.4 Å². The van der Waals surface area contributed by atoms with E-state index in [4.69, 9.17) is 10.5 Å². The van der Waals surface area contributed by atoms with Gasteiger partial charge in [-0.05, 0) is 23.8 Å². The van der Waals surface area contributed by atoms with Crippen molar-refractivity contribution >= 4 is 0 Å². The van der Waals surface area contributed by atoms with E-state index in [1.54, 1.807) is 0 Å². The van der Waals surface area contributed by atoms with Crippen molar-refractivity contribution < 1.29 is 31.1 Å². The molecule has 108 valence electrons. The first-order chi connectivity index (χ1) is 8.63. The minimum Gasteiger partial charge on any atom is -0.493 e. The maximum Gasteiger partial charge on any atom is 0.416 e. The zero-order valence-corrected chi connectivity index (χ0v) is 9.61. The normalized spacial score (nSPS) is 12.6. The molecule has 0 aromatic heterocycles. The molecule has 1 aromatic rings. The van der Waals surface area contributed by atoms with E-state index in [0.717, 1.165) is 18.2 Å². The van der Waals surface area contributed by atoms with Crippen molar-refractivity contribution in [3.05, 3.63) is 29.3 Å². The zero-order chi connectivity index (χ0) is 14.7. The highest BCUT2D eigenvalue weighted by Gasteiger charge is 2.33. The largest absolute Gasteiger partial charge is 0.493 e. The lowest BCUT2D eigenvalue weighted by molar-refractivity contribution is -0.139. The summed E-state index contributed by atoms with van der Waals surface area (Å²) in [5.41, 5.74) is 4.04. The van der Waals surface area contributed by atoms with Crippen LogP contribution in [0.1, 0.15) is 17.5 Å². The van der Waals surface area contributed by atoms with E-state index in [1.807, 2.05) is 0 Å². The Hall–Kier alpha value is -1.44. The Balaban J connectivity index is 2.78. The van der Waals surface area contributed by atoms with Gasteiger partial charge in [-0.15, -0.1) is 0 Å². The van der Waals surface area contributed by atoms with Crippen molar-refractivity contribution in [3.8, 4) is 5.75 Å². The van der Waals surface area contributed by atoms with Crippen molar-refractivity contribution in [2.24, 2.45) is 5.73 Å². The third kappa shape index (κ3) is 4.98. The summed E-state index contributed by atoms with van der Waals surface area (Å²) in [6, 6.07) is 2.71. The summed E-state index contributed by atoms with van der Waals surface area (Å²) in [6.45, 7) is -1.04. The number of ether oxygens (including phenoxy) is 1. The van der Waals surface area contributed by atoms with Crippen LogP contribution in [0.15, 0.2) is 18.2 Å². The lowest BCUT2D eigenvalue weighted by Crippen LogP contribution is -2.14. The molecule has 0 fully saturated rings. The summed E-state index contributed by atoms with van der Waals surface area (Å²) in [7, 11) is 0. The van der Waals surface area contributed by atoms with E-state index in [0.29, 0.717) is 0 Å². The molecule has 0 bridgehead atoms. The molecule has 1 rings (SSSR count). The molecule has 0 aliphatic carbocycles. The highest BCUT2D eigenvalue weighted by Crippen LogP contribution is 2.33. The number of hydrogen-bond acceptors (Lipinski definition) is 2. The van der Waals surface area contributed by atoms with Gasteiger partial charge in [-0.25, -0.2) is 0 Å². The fourth-order valence-corrected chi connectivity index (χ4v) is 1.39. The summed E-state index contributed by atoms with van der Waals surface area (Å²) >= 11 is 0. The predicted molar refractivity (Wildman–Crippen MR) is 55.5 cm³/mol. The van der Waals surface area contributed by atoms with Gasteiger partial charge in [0.25, 0.3) is 0 Å². The minimum absolute atomic E-state index is 0.0716. The molecule has 0 aliphatic rings. The molecule has 0 saturated carbocycles. The van der Waals surface area contributed by atoms with Crippen LogP contribution in [0.5, 0.6) is 5.75 Å². The first-order valence-electron chi connectivity index (χ1n) is 5.23. The van der Waals surface area contributed by atoms with Gasteiger partial charge in [0.1, 0.15) is 5.75 Å². The quantitative estimate of drug-likeness (QED) is 0.860. The molecule has 2 nitrogen and oxygen atoms in total. The second-order valence-corrected chi connectivity index (χ2v) is 3.73. The van der Waals surface area contributed by atoms with Crippen molar-refractivity contribution in [2.75, 3.05) is 6.61 Å². The highest BCUT2D eigenvalue weighted by molar-refractivity contribution is 5.37.